The van der Waals surface area contributed by atoms with Crippen LogP contribution in [-0.4, -0.2) is 23.3 Å². The molecule has 5 nitrogen and oxygen atoms in total. The zero-order valence-electron chi connectivity index (χ0n) is 13.2. The van der Waals surface area contributed by atoms with Gasteiger partial charge in [0.1, 0.15) is 11.5 Å². The summed E-state index contributed by atoms with van der Waals surface area (Å²) in [7, 11) is 0. The van der Waals surface area contributed by atoms with Crippen LogP contribution in [0.5, 0.6) is 11.5 Å². The number of carbonyl (C=O) groups is 1. The van der Waals surface area contributed by atoms with Crippen molar-refractivity contribution in [3.05, 3.63) is 59.7 Å². The van der Waals surface area contributed by atoms with Crippen LogP contribution in [0.3, 0.4) is 0 Å². The number of nitrogens with zero attached hydrogens (tertiary/aromatic N) is 1. The molecule has 0 spiro atoms. The van der Waals surface area contributed by atoms with Gasteiger partial charge in [0.05, 0.1) is 5.71 Å². The van der Waals surface area contributed by atoms with Gasteiger partial charge in [0, 0.05) is 5.56 Å². The lowest BCUT2D eigenvalue weighted by Crippen LogP contribution is -2.25. The minimum Gasteiger partial charge on any atom is -0.508 e. The first-order valence-corrected chi connectivity index (χ1v) is 7.42. The highest BCUT2D eigenvalue weighted by Crippen LogP contribution is 2.13. The van der Waals surface area contributed by atoms with Crippen LogP contribution in [0.15, 0.2) is 53.6 Å². The number of phenolic OH excluding ortho intramolecular Hbond substituents is 1. The summed E-state index contributed by atoms with van der Waals surface area (Å²) in [5.41, 5.74) is 4.99. The van der Waals surface area contributed by atoms with Gasteiger partial charge in [-0.1, -0.05) is 31.2 Å². The van der Waals surface area contributed by atoms with Crippen molar-refractivity contribution >= 4 is 11.6 Å². The number of aromatic hydroxyl groups is 1. The molecule has 2 N–H and O–H groups in total. The highest BCUT2D eigenvalue weighted by molar-refractivity contribution is 5.99. The maximum atomic E-state index is 11.7. The molecule has 0 fully saturated rings. The van der Waals surface area contributed by atoms with E-state index in [0.717, 1.165) is 12.0 Å². The van der Waals surface area contributed by atoms with Crippen molar-refractivity contribution < 1.29 is 14.6 Å². The van der Waals surface area contributed by atoms with Gasteiger partial charge in [0.15, 0.2) is 6.61 Å². The van der Waals surface area contributed by atoms with Crippen LogP contribution in [0.25, 0.3) is 0 Å². The molecule has 0 saturated heterocycles. The number of hydrazone groups is 1. The molecule has 1 amide bonds. The van der Waals surface area contributed by atoms with Gasteiger partial charge in [-0.25, -0.2) is 5.43 Å². The van der Waals surface area contributed by atoms with Crippen molar-refractivity contribution in [2.45, 2.75) is 20.3 Å². The topological polar surface area (TPSA) is 70.9 Å². The lowest BCUT2D eigenvalue weighted by atomic mass is 10.1. The first kappa shape index (κ1) is 16.5. The van der Waals surface area contributed by atoms with E-state index in [9.17, 15) is 9.90 Å². The largest absolute Gasteiger partial charge is 0.508 e. The fraction of sp³-hybridized carbons (Fsp3) is 0.222. The zero-order chi connectivity index (χ0) is 16.7. The number of benzene rings is 2. The summed E-state index contributed by atoms with van der Waals surface area (Å²) in [5.74, 6) is 0.456. The van der Waals surface area contributed by atoms with Crippen molar-refractivity contribution in [2.75, 3.05) is 6.61 Å². The summed E-state index contributed by atoms with van der Waals surface area (Å²) >= 11 is 0. The van der Waals surface area contributed by atoms with Crippen LogP contribution in [-0.2, 0) is 11.2 Å². The predicted molar refractivity (Wildman–Crippen MR) is 89.8 cm³/mol. The molecule has 0 aromatic heterocycles. The molecule has 0 aliphatic carbocycles. The van der Waals surface area contributed by atoms with E-state index in [4.69, 9.17) is 4.74 Å². The van der Waals surface area contributed by atoms with Crippen molar-refractivity contribution in [2.24, 2.45) is 5.10 Å². The van der Waals surface area contributed by atoms with Crippen LogP contribution in [0.2, 0.25) is 0 Å². The second-order valence-corrected chi connectivity index (χ2v) is 5.07. The van der Waals surface area contributed by atoms with Gasteiger partial charge in [0.25, 0.3) is 5.91 Å². The number of ether oxygens (including phenoxy) is 1. The summed E-state index contributed by atoms with van der Waals surface area (Å²) < 4.78 is 5.40. The van der Waals surface area contributed by atoms with E-state index in [2.05, 4.69) is 17.5 Å². The predicted octanol–water partition coefficient (Wildman–Crippen LogP) is 2.87. The van der Waals surface area contributed by atoms with Gasteiger partial charge in [-0.15, -0.1) is 0 Å². The van der Waals surface area contributed by atoms with Crippen molar-refractivity contribution in [1.29, 1.82) is 0 Å². The molecule has 0 aliphatic rings. The van der Waals surface area contributed by atoms with E-state index < -0.39 is 0 Å². The Labute approximate surface area is 135 Å². The van der Waals surface area contributed by atoms with Crippen LogP contribution in [0, 0.1) is 0 Å². The highest BCUT2D eigenvalue weighted by atomic mass is 16.5. The van der Waals surface area contributed by atoms with Crippen LogP contribution >= 0.6 is 0 Å². The third-order valence-corrected chi connectivity index (χ3v) is 3.31. The highest BCUT2D eigenvalue weighted by Gasteiger charge is 2.03. The average Bonchev–Trinajstić information content (AvgIpc) is 2.58. The molecule has 5 heteroatoms. The van der Waals surface area contributed by atoms with Crippen molar-refractivity contribution in [1.82, 2.24) is 5.43 Å². The van der Waals surface area contributed by atoms with Gasteiger partial charge < -0.3 is 9.84 Å². The molecule has 120 valence electrons. The molecule has 2 aromatic rings. The van der Waals surface area contributed by atoms with Gasteiger partial charge in [-0.2, -0.15) is 5.10 Å². The molecule has 0 heterocycles. The van der Waals surface area contributed by atoms with E-state index in [1.807, 2.05) is 24.3 Å². The summed E-state index contributed by atoms with van der Waals surface area (Å²) in [6.45, 7) is 3.72. The Morgan fingerprint density at radius 3 is 2.61 bits per heavy atom. The number of aryl methyl sites for hydroxylation is 1. The Morgan fingerprint density at radius 1 is 1.22 bits per heavy atom. The minimum atomic E-state index is -0.343. The first-order chi connectivity index (χ1) is 11.1. The Balaban J connectivity index is 1.85. The third kappa shape index (κ3) is 5.14. The summed E-state index contributed by atoms with van der Waals surface area (Å²) in [6.07, 6.45) is 0.962. The Kier molecular flexibility index (Phi) is 5.74. The quantitative estimate of drug-likeness (QED) is 0.636. The van der Waals surface area contributed by atoms with Crippen LogP contribution in [0.4, 0.5) is 0 Å². The maximum absolute atomic E-state index is 11.7. The number of hydrogen-bond donors (Lipinski definition) is 2. The monoisotopic (exact) mass is 312 g/mol. The summed E-state index contributed by atoms with van der Waals surface area (Å²) in [6, 6.07) is 14.3. The average molecular weight is 312 g/mol. The second kappa shape index (κ2) is 7.98. The van der Waals surface area contributed by atoms with Crippen molar-refractivity contribution in [3.63, 3.8) is 0 Å². The summed E-state index contributed by atoms with van der Waals surface area (Å²) in [5, 5.41) is 13.4. The number of carbonyl (C=O) groups excluding carboxylic acids is 1. The van der Waals surface area contributed by atoms with Crippen LogP contribution < -0.4 is 10.2 Å². The number of nitrogens with one attached hydrogen (secondary N) is 1. The second-order valence-electron chi connectivity index (χ2n) is 5.07. The molecule has 23 heavy (non-hydrogen) atoms. The van der Waals surface area contributed by atoms with Gasteiger partial charge >= 0.3 is 0 Å². The molecule has 0 saturated carbocycles. The molecule has 0 unspecified atom stereocenters. The molecule has 0 radical (unpaired) electrons. The Morgan fingerprint density at radius 2 is 1.96 bits per heavy atom. The fourth-order valence-corrected chi connectivity index (χ4v) is 1.94. The van der Waals surface area contributed by atoms with Crippen molar-refractivity contribution in [3.8, 4) is 11.5 Å². The van der Waals surface area contributed by atoms with E-state index >= 15 is 0 Å². The van der Waals surface area contributed by atoms with Gasteiger partial charge in [0.2, 0.25) is 0 Å². The number of rotatable bonds is 6. The minimum absolute atomic E-state index is 0.109. The smallest absolute Gasteiger partial charge is 0.277 e. The van der Waals surface area contributed by atoms with E-state index in [1.54, 1.807) is 31.2 Å². The standard InChI is InChI=1S/C18H20N2O3/c1-3-14-7-9-17(10-8-14)23-12-18(22)20-19-13(2)15-5-4-6-16(21)11-15/h4-11,21H,3,12H2,1-2H3,(H,20,22)/b19-13-. The first-order valence-electron chi connectivity index (χ1n) is 7.42. The van der Waals surface area contributed by atoms with Gasteiger partial charge in [-0.3, -0.25) is 4.79 Å². The van der Waals surface area contributed by atoms with E-state index in [-0.39, 0.29) is 18.3 Å². The molecular formula is C18H20N2O3. The lowest BCUT2D eigenvalue weighted by Gasteiger charge is -2.06. The molecule has 0 atom stereocenters. The van der Waals surface area contributed by atoms with Gasteiger partial charge in [-0.05, 0) is 43.2 Å². The Hall–Kier alpha value is -2.82. The molecule has 0 bridgehead atoms. The third-order valence-electron chi connectivity index (χ3n) is 3.31. The van der Waals surface area contributed by atoms with Crippen LogP contribution in [0.1, 0.15) is 25.0 Å². The molecular weight excluding hydrogens is 292 g/mol. The fourth-order valence-electron chi connectivity index (χ4n) is 1.94. The molecule has 2 rings (SSSR count). The Bertz CT molecular complexity index is 694. The van der Waals surface area contributed by atoms with E-state index in [1.165, 1.54) is 5.56 Å². The molecule has 0 aliphatic heterocycles. The SMILES string of the molecule is CCc1ccc(OCC(=O)N/N=C(/C)c2cccc(O)c2)cc1. The number of hydrogen-bond acceptors (Lipinski definition) is 4. The number of phenols is 1. The van der Waals surface area contributed by atoms with E-state index in [0.29, 0.717) is 11.5 Å². The normalized spacial score (nSPS) is 11.1. The zero-order valence-corrected chi connectivity index (χ0v) is 13.2. The lowest BCUT2D eigenvalue weighted by molar-refractivity contribution is -0.123. The molecule has 2 aromatic carbocycles. The number of amides is 1. The summed E-state index contributed by atoms with van der Waals surface area (Å²) in [4.78, 5) is 11.7. The maximum Gasteiger partial charge on any atom is 0.277 e.